The lowest BCUT2D eigenvalue weighted by molar-refractivity contribution is -0.118. The largest absolute Gasteiger partial charge is 0.497 e. The third kappa shape index (κ3) is 6.10. The monoisotopic (exact) mass is 466 g/mol. The molecule has 0 aliphatic rings. The number of anilines is 1. The molecule has 0 radical (unpaired) electrons. The first kappa shape index (κ1) is 23.7. The van der Waals surface area contributed by atoms with Gasteiger partial charge in [-0.2, -0.15) is 10.4 Å². The Hall–Kier alpha value is -4.48. The second-order valence-corrected chi connectivity index (χ2v) is 8.05. The van der Waals surface area contributed by atoms with Crippen LogP contribution in [0.5, 0.6) is 5.75 Å². The molecule has 2 aromatic heterocycles. The molecule has 8 nitrogen and oxygen atoms in total. The van der Waals surface area contributed by atoms with Gasteiger partial charge in [0, 0.05) is 37.1 Å². The number of aromatic nitrogens is 3. The van der Waals surface area contributed by atoms with Crippen molar-refractivity contribution in [2.24, 2.45) is 7.05 Å². The molecule has 4 rings (SSSR count). The molecule has 0 spiro atoms. The highest BCUT2D eigenvalue weighted by Crippen LogP contribution is 2.22. The first-order chi connectivity index (χ1) is 17.1. The molecule has 1 unspecified atom stereocenters. The molecule has 0 bridgehead atoms. The fourth-order valence-electron chi connectivity index (χ4n) is 3.70. The highest BCUT2D eigenvalue weighted by atomic mass is 16.5. The summed E-state index contributed by atoms with van der Waals surface area (Å²) in [6.07, 6.45) is 6.10. The van der Waals surface area contributed by atoms with Gasteiger partial charge >= 0.3 is 0 Å². The molecule has 0 aliphatic carbocycles. The van der Waals surface area contributed by atoms with Crippen molar-refractivity contribution >= 4 is 11.7 Å². The van der Waals surface area contributed by atoms with Crippen LogP contribution in [0.4, 0.5) is 5.82 Å². The van der Waals surface area contributed by atoms with Crippen molar-refractivity contribution in [3.05, 3.63) is 95.9 Å². The number of amides is 1. The molecule has 2 aromatic carbocycles. The van der Waals surface area contributed by atoms with Gasteiger partial charge < -0.3 is 15.4 Å². The maximum Gasteiger partial charge on any atom is 0.247 e. The van der Waals surface area contributed by atoms with Gasteiger partial charge in [0.25, 0.3) is 0 Å². The van der Waals surface area contributed by atoms with Gasteiger partial charge in [0.15, 0.2) is 0 Å². The van der Waals surface area contributed by atoms with E-state index in [4.69, 9.17) is 10.00 Å². The molecular formula is C27H26N6O2. The van der Waals surface area contributed by atoms with Gasteiger partial charge in [0.05, 0.1) is 24.9 Å². The molecule has 1 amide bonds. The van der Waals surface area contributed by atoms with Gasteiger partial charge in [0.2, 0.25) is 5.91 Å². The van der Waals surface area contributed by atoms with E-state index in [-0.39, 0.29) is 5.91 Å². The third-order valence-electron chi connectivity index (χ3n) is 5.59. The summed E-state index contributed by atoms with van der Waals surface area (Å²) in [6, 6.07) is 20.1. The molecule has 2 N–H and O–H groups in total. The van der Waals surface area contributed by atoms with Crippen LogP contribution in [0.1, 0.15) is 22.7 Å². The van der Waals surface area contributed by atoms with E-state index in [9.17, 15) is 4.79 Å². The van der Waals surface area contributed by atoms with Crippen molar-refractivity contribution in [1.29, 1.82) is 5.26 Å². The van der Waals surface area contributed by atoms with Crippen molar-refractivity contribution in [2.45, 2.75) is 12.5 Å². The fourth-order valence-corrected chi connectivity index (χ4v) is 3.70. The Bertz CT molecular complexity index is 1320. The molecule has 8 heteroatoms. The molecule has 2 heterocycles. The molecule has 176 valence electrons. The summed E-state index contributed by atoms with van der Waals surface area (Å²) in [7, 11) is 3.46. The summed E-state index contributed by atoms with van der Waals surface area (Å²) in [5.41, 5.74) is 4.36. The van der Waals surface area contributed by atoms with Crippen molar-refractivity contribution in [3.8, 4) is 22.9 Å². The number of hydrogen-bond acceptors (Lipinski definition) is 6. The average Bonchev–Trinajstić information content (AvgIpc) is 3.33. The van der Waals surface area contributed by atoms with Crippen LogP contribution in [0.15, 0.2) is 79.3 Å². The molecule has 4 aromatic rings. The standard InChI is InChI=1S/C27H26N6O2/c1-33-18-23(17-31-33)22-10-11-25(30-16-22)32-27(34)26(21-4-3-5-24(14-21)35-2)29-13-12-19-6-8-20(15-28)9-7-19/h3-11,14,16-18,26,29H,12-13H2,1-2H3,(H,30,32,34). The van der Waals surface area contributed by atoms with Crippen LogP contribution in [0, 0.1) is 11.3 Å². The maximum absolute atomic E-state index is 13.3. The van der Waals surface area contributed by atoms with Crippen molar-refractivity contribution in [3.63, 3.8) is 0 Å². The van der Waals surface area contributed by atoms with Crippen LogP contribution in [-0.2, 0) is 18.3 Å². The minimum absolute atomic E-state index is 0.222. The first-order valence-corrected chi connectivity index (χ1v) is 11.2. The summed E-state index contributed by atoms with van der Waals surface area (Å²) >= 11 is 0. The molecule has 35 heavy (non-hydrogen) atoms. The number of aryl methyl sites for hydroxylation is 1. The number of ether oxygens (including phenoxy) is 1. The van der Waals surface area contributed by atoms with E-state index in [0.29, 0.717) is 30.1 Å². The zero-order valence-corrected chi connectivity index (χ0v) is 19.6. The van der Waals surface area contributed by atoms with Crippen molar-refractivity contribution in [2.75, 3.05) is 19.0 Å². The van der Waals surface area contributed by atoms with Crippen LogP contribution in [-0.4, -0.2) is 34.3 Å². The minimum atomic E-state index is -0.608. The second-order valence-electron chi connectivity index (χ2n) is 8.05. The summed E-state index contributed by atoms with van der Waals surface area (Å²) in [4.78, 5) is 17.7. The highest BCUT2D eigenvalue weighted by molar-refractivity contribution is 5.95. The Morgan fingerprint density at radius 1 is 1.11 bits per heavy atom. The molecule has 0 fully saturated rings. The number of carbonyl (C=O) groups excluding carboxylic acids is 1. The molecule has 0 saturated heterocycles. The zero-order chi connectivity index (χ0) is 24.6. The highest BCUT2D eigenvalue weighted by Gasteiger charge is 2.21. The van der Waals surface area contributed by atoms with E-state index in [1.807, 2.05) is 55.7 Å². The SMILES string of the molecule is COc1cccc(C(NCCc2ccc(C#N)cc2)C(=O)Nc2ccc(-c3cnn(C)c3)cn2)c1. The Kier molecular flexibility index (Phi) is 7.50. The predicted octanol–water partition coefficient (Wildman–Crippen LogP) is 3.87. The van der Waals surface area contributed by atoms with Crippen molar-refractivity contribution < 1.29 is 9.53 Å². The van der Waals surface area contributed by atoms with E-state index in [2.05, 4.69) is 26.8 Å². The van der Waals surface area contributed by atoms with Gasteiger partial charge in [-0.15, -0.1) is 0 Å². The lowest BCUT2D eigenvalue weighted by Gasteiger charge is -2.19. The predicted molar refractivity (Wildman–Crippen MR) is 134 cm³/mol. The summed E-state index contributed by atoms with van der Waals surface area (Å²) in [5.74, 6) is 0.914. The van der Waals surface area contributed by atoms with Gasteiger partial charge in [0.1, 0.15) is 17.6 Å². The van der Waals surface area contributed by atoms with Crippen LogP contribution < -0.4 is 15.4 Å². The number of hydrogen-bond donors (Lipinski definition) is 2. The molecular weight excluding hydrogens is 440 g/mol. The Morgan fingerprint density at radius 2 is 1.94 bits per heavy atom. The van der Waals surface area contributed by atoms with Gasteiger partial charge in [-0.3, -0.25) is 9.48 Å². The lowest BCUT2D eigenvalue weighted by Crippen LogP contribution is -2.34. The van der Waals surface area contributed by atoms with Crippen LogP contribution in [0.3, 0.4) is 0 Å². The average molecular weight is 467 g/mol. The zero-order valence-electron chi connectivity index (χ0n) is 19.6. The topological polar surface area (TPSA) is 105 Å². The van der Waals surface area contributed by atoms with E-state index >= 15 is 0 Å². The maximum atomic E-state index is 13.3. The van der Waals surface area contributed by atoms with E-state index in [1.54, 1.807) is 42.4 Å². The molecule has 0 aliphatic heterocycles. The minimum Gasteiger partial charge on any atom is -0.497 e. The summed E-state index contributed by atoms with van der Waals surface area (Å²) < 4.78 is 7.08. The Morgan fingerprint density at radius 3 is 2.60 bits per heavy atom. The third-order valence-corrected chi connectivity index (χ3v) is 5.59. The molecule has 0 saturated carbocycles. The number of rotatable bonds is 9. The lowest BCUT2D eigenvalue weighted by atomic mass is 10.0. The number of methoxy groups -OCH3 is 1. The number of nitriles is 1. The smallest absolute Gasteiger partial charge is 0.247 e. The van der Waals surface area contributed by atoms with Gasteiger partial charge in [-0.25, -0.2) is 4.98 Å². The Balaban J connectivity index is 1.47. The normalized spacial score (nSPS) is 11.5. The molecule has 1 atom stereocenters. The quantitative estimate of drug-likeness (QED) is 0.388. The van der Waals surface area contributed by atoms with E-state index < -0.39 is 6.04 Å². The van der Waals surface area contributed by atoms with Crippen LogP contribution in [0.25, 0.3) is 11.1 Å². The number of carbonyl (C=O) groups is 1. The number of benzene rings is 2. The van der Waals surface area contributed by atoms with Crippen LogP contribution >= 0.6 is 0 Å². The van der Waals surface area contributed by atoms with Crippen LogP contribution in [0.2, 0.25) is 0 Å². The van der Waals surface area contributed by atoms with E-state index in [0.717, 1.165) is 22.3 Å². The second kappa shape index (κ2) is 11.1. The number of nitrogens with zero attached hydrogens (tertiary/aromatic N) is 4. The fraction of sp³-hybridized carbons (Fsp3) is 0.185. The van der Waals surface area contributed by atoms with E-state index in [1.165, 1.54) is 0 Å². The Labute approximate surface area is 204 Å². The number of pyridine rings is 1. The van der Waals surface area contributed by atoms with Crippen molar-refractivity contribution in [1.82, 2.24) is 20.1 Å². The van der Waals surface area contributed by atoms with Gasteiger partial charge in [-0.1, -0.05) is 24.3 Å². The van der Waals surface area contributed by atoms with Gasteiger partial charge in [-0.05, 0) is 53.9 Å². The summed E-state index contributed by atoms with van der Waals surface area (Å²) in [6.45, 7) is 0.564. The first-order valence-electron chi connectivity index (χ1n) is 11.2. The summed E-state index contributed by atoms with van der Waals surface area (Å²) in [5, 5.41) is 19.4. The number of nitrogens with one attached hydrogen (secondary N) is 2.